The van der Waals surface area contributed by atoms with Gasteiger partial charge in [0.15, 0.2) is 11.5 Å². The maximum atomic E-state index is 6.68. The largest absolute Gasteiger partial charge is 0.486 e. The van der Waals surface area contributed by atoms with Gasteiger partial charge in [0.1, 0.15) is 13.2 Å². The van der Waals surface area contributed by atoms with Crippen LogP contribution in [-0.2, 0) is 5.41 Å². The van der Waals surface area contributed by atoms with E-state index in [1.54, 1.807) is 0 Å². The highest BCUT2D eigenvalue weighted by Gasteiger charge is 2.39. The first-order valence-electron chi connectivity index (χ1n) is 7.91. The topological polar surface area (TPSA) is 44.5 Å². The van der Waals surface area contributed by atoms with Crippen LogP contribution in [0.4, 0.5) is 0 Å². The minimum absolute atomic E-state index is 0.0546. The van der Waals surface area contributed by atoms with E-state index in [0.717, 1.165) is 23.6 Å². The van der Waals surface area contributed by atoms with Crippen molar-refractivity contribution in [2.75, 3.05) is 19.8 Å². The van der Waals surface area contributed by atoms with Gasteiger partial charge in [0.2, 0.25) is 0 Å². The maximum absolute atomic E-state index is 6.68. The van der Waals surface area contributed by atoms with Gasteiger partial charge in [-0.15, -0.1) is 0 Å². The van der Waals surface area contributed by atoms with Crippen LogP contribution in [0.25, 0.3) is 0 Å². The van der Waals surface area contributed by atoms with Crippen molar-refractivity contribution >= 4 is 11.6 Å². The van der Waals surface area contributed by atoms with Gasteiger partial charge in [0, 0.05) is 12.0 Å². The number of fused-ring (bicyclic) bond motifs is 1. The lowest BCUT2D eigenvalue weighted by Crippen LogP contribution is -2.34. The molecule has 1 fully saturated rings. The van der Waals surface area contributed by atoms with Crippen LogP contribution in [0, 0.1) is 0 Å². The Hall–Kier alpha value is -0.930. The van der Waals surface area contributed by atoms with E-state index in [9.17, 15) is 0 Å². The van der Waals surface area contributed by atoms with E-state index in [1.165, 1.54) is 24.0 Å². The molecule has 3 nitrogen and oxygen atoms in total. The van der Waals surface area contributed by atoms with Crippen molar-refractivity contribution in [3.05, 3.63) is 22.2 Å². The van der Waals surface area contributed by atoms with E-state index in [0.29, 0.717) is 31.4 Å². The molecule has 3 rings (SSSR count). The zero-order valence-corrected chi connectivity index (χ0v) is 13.6. The van der Waals surface area contributed by atoms with Crippen LogP contribution < -0.4 is 15.2 Å². The summed E-state index contributed by atoms with van der Waals surface area (Å²) in [6, 6.07) is 2.15. The molecule has 0 aromatic heterocycles. The van der Waals surface area contributed by atoms with Crippen LogP contribution in [0.1, 0.15) is 56.6 Å². The third-order valence-corrected chi connectivity index (χ3v) is 5.29. The third kappa shape index (κ3) is 2.40. The molecule has 1 saturated carbocycles. The molecule has 0 unspecified atom stereocenters. The fourth-order valence-electron chi connectivity index (χ4n) is 3.80. The summed E-state index contributed by atoms with van der Waals surface area (Å²) < 4.78 is 11.5. The molecule has 0 spiro atoms. The minimum atomic E-state index is 0.0546. The number of nitrogens with two attached hydrogens (primary N) is 1. The molecule has 1 aliphatic heterocycles. The van der Waals surface area contributed by atoms with Gasteiger partial charge in [0.25, 0.3) is 0 Å². The summed E-state index contributed by atoms with van der Waals surface area (Å²) in [5.41, 5.74) is 8.71. The van der Waals surface area contributed by atoms with Crippen LogP contribution in [0.3, 0.4) is 0 Å². The highest BCUT2D eigenvalue weighted by atomic mass is 35.5. The molecule has 1 aromatic rings. The summed E-state index contributed by atoms with van der Waals surface area (Å²) in [7, 11) is 0. The van der Waals surface area contributed by atoms with Crippen molar-refractivity contribution in [3.8, 4) is 11.5 Å². The minimum Gasteiger partial charge on any atom is -0.486 e. The van der Waals surface area contributed by atoms with Crippen molar-refractivity contribution in [2.45, 2.75) is 50.9 Å². The number of rotatable bonds is 3. The van der Waals surface area contributed by atoms with Gasteiger partial charge < -0.3 is 15.2 Å². The molecular formula is C17H24ClNO2. The molecule has 2 N–H and O–H groups in total. The summed E-state index contributed by atoms with van der Waals surface area (Å²) in [5.74, 6) is 1.83. The number of hydrogen-bond acceptors (Lipinski definition) is 3. The second-order valence-corrected chi connectivity index (χ2v) is 6.90. The first kappa shape index (κ1) is 15.0. The summed E-state index contributed by atoms with van der Waals surface area (Å²) in [6.07, 6.45) is 4.75. The Labute approximate surface area is 131 Å². The monoisotopic (exact) mass is 309 g/mol. The normalized spacial score (nSPS) is 20.0. The van der Waals surface area contributed by atoms with Crippen molar-refractivity contribution in [3.63, 3.8) is 0 Å². The quantitative estimate of drug-likeness (QED) is 0.917. The van der Waals surface area contributed by atoms with E-state index >= 15 is 0 Å². The predicted molar refractivity (Wildman–Crippen MR) is 85.7 cm³/mol. The van der Waals surface area contributed by atoms with Gasteiger partial charge >= 0.3 is 0 Å². The Morgan fingerprint density at radius 1 is 1.24 bits per heavy atom. The van der Waals surface area contributed by atoms with Crippen LogP contribution in [0.5, 0.6) is 11.5 Å². The van der Waals surface area contributed by atoms with Crippen LogP contribution >= 0.6 is 11.6 Å². The first-order chi connectivity index (χ1) is 10.1. The number of benzene rings is 1. The average Bonchev–Trinajstić information content (AvgIpc) is 2.96. The molecular weight excluding hydrogens is 286 g/mol. The molecule has 0 bridgehead atoms. The van der Waals surface area contributed by atoms with Crippen LogP contribution in [0.2, 0.25) is 5.02 Å². The van der Waals surface area contributed by atoms with E-state index in [2.05, 4.69) is 19.9 Å². The Morgan fingerprint density at radius 2 is 1.90 bits per heavy atom. The zero-order chi connectivity index (χ0) is 15.0. The number of hydrogen-bond donors (Lipinski definition) is 1. The van der Waals surface area contributed by atoms with Gasteiger partial charge in [-0.2, -0.15) is 0 Å². The molecule has 21 heavy (non-hydrogen) atoms. The molecule has 0 atom stereocenters. The van der Waals surface area contributed by atoms with Gasteiger partial charge in [-0.05, 0) is 36.0 Å². The lowest BCUT2D eigenvalue weighted by molar-refractivity contribution is 0.171. The van der Waals surface area contributed by atoms with Gasteiger partial charge in [0.05, 0.1) is 5.02 Å². The highest BCUT2D eigenvalue weighted by Crippen LogP contribution is 2.50. The maximum Gasteiger partial charge on any atom is 0.180 e. The van der Waals surface area contributed by atoms with Crippen molar-refractivity contribution in [1.29, 1.82) is 0 Å². The second-order valence-electron chi connectivity index (χ2n) is 6.52. The smallest absolute Gasteiger partial charge is 0.180 e. The summed E-state index contributed by atoms with van der Waals surface area (Å²) >= 11 is 6.68. The highest BCUT2D eigenvalue weighted by molar-refractivity contribution is 6.33. The predicted octanol–water partition coefficient (Wildman–Crippen LogP) is 4.01. The Kier molecular flexibility index (Phi) is 4.06. The summed E-state index contributed by atoms with van der Waals surface area (Å²) in [4.78, 5) is 0. The average molecular weight is 310 g/mol. The van der Waals surface area contributed by atoms with E-state index in [1.807, 2.05) is 0 Å². The molecule has 116 valence electrons. The van der Waals surface area contributed by atoms with Crippen molar-refractivity contribution < 1.29 is 9.47 Å². The van der Waals surface area contributed by atoms with Crippen LogP contribution in [-0.4, -0.2) is 19.8 Å². The van der Waals surface area contributed by atoms with Crippen molar-refractivity contribution in [1.82, 2.24) is 0 Å². The fourth-order valence-corrected chi connectivity index (χ4v) is 4.27. The molecule has 0 saturated heterocycles. The van der Waals surface area contributed by atoms with Gasteiger partial charge in [-0.3, -0.25) is 0 Å². The van der Waals surface area contributed by atoms with Gasteiger partial charge in [-0.25, -0.2) is 0 Å². The molecule has 0 radical (unpaired) electrons. The number of halogens is 1. The van der Waals surface area contributed by atoms with E-state index in [4.69, 9.17) is 26.8 Å². The summed E-state index contributed by atoms with van der Waals surface area (Å²) in [5, 5.41) is 0.719. The van der Waals surface area contributed by atoms with Crippen molar-refractivity contribution in [2.24, 2.45) is 5.73 Å². The standard InChI is InChI=1S/C17H24ClNO2/c1-11(2)14-12(17(10-19)5-3-4-6-17)9-13-16(15(14)18)21-8-7-20-13/h9,11H,3-8,10,19H2,1-2H3. The number of ether oxygens (including phenoxy) is 2. The molecule has 1 heterocycles. The lowest BCUT2D eigenvalue weighted by atomic mass is 9.74. The Bertz CT molecular complexity index is 536. The molecule has 4 heteroatoms. The summed E-state index contributed by atoms with van der Waals surface area (Å²) in [6.45, 7) is 6.17. The SMILES string of the molecule is CC(C)c1c(C2(CN)CCCC2)cc2c(c1Cl)OCCO2. The second kappa shape index (κ2) is 5.69. The Balaban J connectivity index is 2.21. The molecule has 1 aromatic carbocycles. The Morgan fingerprint density at radius 3 is 2.52 bits per heavy atom. The van der Waals surface area contributed by atoms with Gasteiger partial charge in [-0.1, -0.05) is 38.3 Å². The first-order valence-corrected chi connectivity index (χ1v) is 8.29. The zero-order valence-electron chi connectivity index (χ0n) is 12.9. The molecule has 1 aliphatic carbocycles. The van der Waals surface area contributed by atoms with Crippen LogP contribution in [0.15, 0.2) is 6.07 Å². The fraction of sp³-hybridized carbons (Fsp3) is 0.647. The lowest BCUT2D eigenvalue weighted by Gasteiger charge is -2.34. The molecule has 2 aliphatic rings. The van der Waals surface area contributed by atoms with E-state index < -0.39 is 0 Å². The molecule has 0 amide bonds. The van der Waals surface area contributed by atoms with E-state index in [-0.39, 0.29) is 5.41 Å². The third-order valence-electron chi connectivity index (χ3n) is 4.91.